The third kappa shape index (κ3) is 1.64. The Labute approximate surface area is 74.7 Å². The molecule has 2 saturated heterocycles. The molecular weight excluding hydrogens is 150 g/mol. The van der Waals surface area contributed by atoms with Crippen LogP contribution in [0.1, 0.15) is 33.1 Å². The second-order valence-corrected chi connectivity index (χ2v) is 4.76. The van der Waals surface area contributed by atoms with Crippen LogP contribution in [0.25, 0.3) is 0 Å². The summed E-state index contributed by atoms with van der Waals surface area (Å²) in [5, 5.41) is 3.33. The molecule has 0 aromatic carbocycles. The molecular formula is C10H19NO. The van der Waals surface area contributed by atoms with Gasteiger partial charge in [0.25, 0.3) is 0 Å². The van der Waals surface area contributed by atoms with Gasteiger partial charge in [-0.15, -0.1) is 0 Å². The van der Waals surface area contributed by atoms with E-state index in [0.29, 0.717) is 17.6 Å². The van der Waals surface area contributed by atoms with Crippen LogP contribution in [0.2, 0.25) is 0 Å². The number of hydrogen-bond donors (Lipinski definition) is 1. The van der Waals surface area contributed by atoms with Crippen molar-refractivity contribution in [2.75, 3.05) is 13.1 Å². The molecule has 70 valence electrons. The maximum Gasteiger partial charge on any atom is 0.0585 e. The Morgan fingerprint density at radius 2 is 2.17 bits per heavy atom. The number of hydrogen-bond acceptors (Lipinski definition) is 2. The zero-order chi connectivity index (χ0) is 8.60. The van der Waals surface area contributed by atoms with E-state index >= 15 is 0 Å². The lowest BCUT2D eigenvalue weighted by atomic mass is 9.78. The molecule has 2 fully saturated rings. The quantitative estimate of drug-likeness (QED) is 0.677. The Balaban J connectivity index is 1.79. The second-order valence-electron chi connectivity index (χ2n) is 4.76. The van der Waals surface area contributed by atoms with Crippen molar-refractivity contribution in [1.82, 2.24) is 5.32 Å². The van der Waals surface area contributed by atoms with Crippen LogP contribution in [0.4, 0.5) is 0 Å². The van der Waals surface area contributed by atoms with Crippen molar-refractivity contribution in [3.05, 3.63) is 0 Å². The van der Waals surface area contributed by atoms with Crippen LogP contribution in [0, 0.1) is 5.41 Å². The summed E-state index contributed by atoms with van der Waals surface area (Å²) in [6.45, 7) is 6.90. The molecule has 1 N–H and O–H groups in total. The summed E-state index contributed by atoms with van der Waals surface area (Å²) in [5.41, 5.74) is 0.536. The second kappa shape index (κ2) is 3.00. The summed E-state index contributed by atoms with van der Waals surface area (Å²) in [7, 11) is 0. The Morgan fingerprint density at radius 3 is 2.58 bits per heavy atom. The van der Waals surface area contributed by atoms with E-state index in [-0.39, 0.29) is 0 Å². The van der Waals surface area contributed by atoms with E-state index < -0.39 is 0 Å². The van der Waals surface area contributed by atoms with Crippen molar-refractivity contribution in [3.63, 3.8) is 0 Å². The SMILES string of the molecule is CC1CCC(CC2(C)CNC2)O1. The summed E-state index contributed by atoms with van der Waals surface area (Å²) in [4.78, 5) is 0. The summed E-state index contributed by atoms with van der Waals surface area (Å²) >= 11 is 0. The maximum absolute atomic E-state index is 5.81. The third-order valence-electron chi connectivity index (χ3n) is 3.14. The molecule has 0 aromatic rings. The van der Waals surface area contributed by atoms with E-state index in [1.54, 1.807) is 0 Å². The summed E-state index contributed by atoms with van der Waals surface area (Å²) in [6, 6.07) is 0. The van der Waals surface area contributed by atoms with E-state index in [9.17, 15) is 0 Å². The fourth-order valence-electron chi connectivity index (χ4n) is 2.28. The van der Waals surface area contributed by atoms with E-state index in [1.807, 2.05) is 0 Å². The molecule has 0 radical (unpaired) electrons. The Hall–Kier alpha value is -0.0800. The average Bonchev–Trinajstić information content (AvgIpc) is 2.32. The highest BCUT2D eigenvalue weighted by Crippen LogP contribution is 2.33. The van der Waals surface area contributed by atoms with Crippen LogP contribution in [-0.4, -0.2) is 25.3 Å². The lowest BCUT2D eigenvalue weighted by Crippen LogP contribution is -2.52. The minimum absolute atomic E-state index is 0.506. The first-order chi connectivity index (χ1) is 5.68. The highest BCUT2D eigenvalue weighted by Gasteiger charge is 2.36. The minimum Gasteiger partial charge on any atom is -0.375 e. The van der Waals surface area contributed by atoms with Crippen molar-refractivity contribution >= 4 is 0 Å². The van der Waals surface area contributed by atoms with Crippen LogP contribution in [0.3, 0.4) is 0 Å². The van der Waals surface area contributed by atoms with Crippen LogP contribution < -0.4 is 5.32 Å². The minimum atomic E-state index is 0.506. The monoisotopic (exact) mass is 169 g/mol. The molecule has 2 aliphatic heterocycles. The Kier molecular flexibility index (Phi) is 2.13. The van der Waals surface area contributed by atoms with Gasteiger partial charge < -0.3 is 10.1 Å². The Bertz CT molecular complexity index is 165. The van der Waals surface area contributed by atoms with Gasteiger partial charge in [-0.3, -0.25) is 0 Å². The molecule has 2 aliphatic rings. The van der Waals surface area contributed by atoms with Gasteiger partial charge in [0.15, 0.2) is 0 Å². The van der Waals surface area contributed by atoms with Gasteiger partial charge in [0, 0.05) is 13.1 Å². The number of rotatable bonds is 2. The highest BCUT2D eigenvalue weighted by molar-refractivity contribution is 4.91. The highest BCUT2D eigenvalue weighted by atomic mass is 16.5. The molecule has 2 unspecified atom stereocenters. The molecule has 12 heavy (non-hydrogen) atoms. The molecule has 0 spiro atoms. The largest absolute Gasteiger partial charge is 0.375 e. The molecule has 0 aromatic heterocycles. The van der Waals surface area contributed by atoms with E-state index in [1.165, 1.54) is 32.4 Å². The van der Waals surface area contributed by atoms with Crippen molar-refractivity contribution in [2.45, 2.75) is 45.3 Å². The fourth-order valence-corrected chi connectivity index (χ4v) is 2.28. The summed E-state index contributed by atoms with van der Waals surface area (Å²) in [6.07, 6.45) is 4.84. The van der Waals surface area contributed by atoms with Gasteiger partial charge in [0.2, 0.25) is 0 Å². The van der Waals surface area contributed by atoms with Crippen LogP contribution in [0.15, 0.2) is 0 Å². The first-order valence-corrected chi connectivity index (χ1v) is 5.04. The first kappa shape index (κ1) is 8.52. The predicted octanol–water partition coefficient (Wildman–Crippen LogP) is 1.55. The normalized spacial score (nSPS) is 39.5. The lowest BCUT2D eigenvalue weighted by Gasteiger charge is -2.41. The van der Waals surface area contributed by atoms with Crippen molar-refractivity contribution in [3.8, 4) is 0 Å². The molecule has 2 heterocycles. The summed E-state index contributed by atoms with van der Waals surface area (Å²) in [5.74, 6) is 0. The molecule has 0 amide bonds. The van der Waals surface area contributed by atoms with Crippen LogP contribution in [0.5, 0.6) is 0 Å². The van der Waals surface area contributed by atoms with Gasteiger partial charge in [-0.25, -0.2) is 0 Å². The molecule has 0 saturated carbocycles. The molecule has 2 atom stereocenters. The zero-order valence-corrected chi connectivity index (χ0v) is 8.10. The van der Waals surface area contributed by atoms with Crippen molar-refractivity contribution < 1.29 is 4.74 Å². The van der Waals surface area contributed by atoms with Gasteiger partial charge in [-0.1, -0.05) is 6.92 Å². The van der Waals surface area contributed by atoms with Crippen LogP contribution in [-0.2, 0) is 4.74 Å². The van der Waals surface area contributed by atoms with Gasteiger partial charge in [0.1, 0.15) is 0 Å². The topological polar surface area (TPSA) is 21.3 Å². The summed E-state index contributed by atoms with van der Waals surface area (Å²) < 4.78 is 5.81. The van der Waals surface area contributed by atoms with Gasteiger partial charge in [0.05, 0.1) is 12.2 Å². The maximum atomic E-state index is 5.81. The van der Waals surface area contributed by atoms with Gasteiger partial charge in [-0.05, 0) is 31.6 Å². The Morgan fingerprint density at radius 1 is 1.42 bits per heavy atom. The van der Waals surface area contributed by atoms with Gasteiger partial charge >= 0.3 is 0 Å². The molecule has 2 heteroatoms. The van der Waals surface area contributed by atoms with E-state index in [0.717, 1.165) is 0 Å². The predicted molar refractivity (Wildman–Crippen MR) is 49.2 cm³/mol. The number of ether oxygens (including phenoxy) is 1. The van der Waals surface area contributed by atoms with Crippen molar-refractivity contribution in [2.24, 2.45) is 5.41 Å². The first-order valence-electron chi connectivity index (χ1n) is 5.04. The third-order valence-corrected chi connectivity index (χ3v) is 3.14. The number of nitrogens with one attached hydrogen (secondary N) is 1. The fraction of sp³-hybridized carbons (Fsp3) is 1.00. The molecule has 2 rings (SSSR count). The van der Waals surface area contributed by atoms with E-state index in [2.05, 4.69) is 19.2 Å². The molecule has 0 bridgehead atoms. The van der Waals surface area contributed by atoms with E-state index in [4.69, 9.17) is 4.74 Å². The standard InChI is InChI=1S/C10H19NO/c1-8-3-4-9(12-8)5-10(2)6-11-7-10/h8-9,11H,3-7H2,1-2H3. The van der Waals surface area contributed by atoms with Crippen molar-refractivity contribution in [1.29, 1.82) is 0 Å². The molecule has 0 aliphatic carbocycles. The van der Waals surface area contributed by atoms with Gasteiger partial charge in [-0.2, -0.15) is 0 Å². The lowest BCUT2D eigenvalue weighted by molar-refractivity contribution is 0.0119. The molecule has 2 nitrogen and oxygen atoms in total. The average molecular weight is 169 g/mol. The van der Waals surface area contributed by atoms with Crippen LogP contribution >= 0.6 is 0 Å². The zero-order valence-electron chi connectivity index (χ0n) is 8.10. The smallest absolute Gasteiger partial charge is 0.0585 e.